The number of carboxylic acids is 2. The molecule has 1 heterocycles. The van der Waals surface area contributed by atoms with Gasteiger partial charge in [-0.1, -0.05) is 42.5 Å². The second kappa shape index (κ2) is 8.00. The van der Waals surface area contributed by atoms with Crippen LogP contribution in [0, 0.1) is 0 Å². The van der Waals surface area contributed by atoms with E-state index in [1.165, 1.54) is 0 Å². The number of hydrogen-bond donors (Lipinski definition) is 3. The second-order valence-electron chi connectivity index (χ2n) is 6.59. The molecule has 2 aromatic carbocycles. The highest BCUT2D eigenvalue weighted by atomic mass is 16.5. The topological polar surface area (TPSA) is 95.9 Å². The fourth-order valence-electron chi connectivity index (χ4n) is 3.42. The molecule has 0 radical (unpaired) electrons. The average Bonchev–Trinajstić information content (AvgIpc) is 2.66. The molecule has 144 valence electrons. The standard InChI is InChI=1S/C22H21NO5/c1-13-18(21(24)25)20(19(22(26)27)14(2)23-13)16-9-6-10-17(11-16)28-12-15-7-4-3-5-8-15/h3-11,20,23H,12H2,1-2H3,(H,24,25)(H,26,27). The Balaban J connectivity index is 1.98. The van der Waals surface area contributed by atoms with Crippen LogP contribution >= 0.6 is 0 Å². The summed E-state index contributed by atoms with van der Waals surface area (Å²) < 4.78 is 5.83. The Labute approximate surface area is 162 Å². The molecule has 6 nitrogen and oxygen atoms in total. The third kappa shape index (κ3) is 3.91. The summed E-state index contributed by atoms with van der Waals surface area (Å²) in [6, 6.07) is 16.6. The van der Waals surface area contributed by atoms with E-state index < -0.39 is 17.9 Å². The van der Waals surface area contributed by atoms with Gasteiger partial charge in [-0.3, -0.25) is 0 Å². The highest BCUT2D eigenvalue weighted by Gasteiger charge is 2.36. The van der Waals surface area contributed by atoms with Gasteiger partial charge in [-0.25, -0.2) is 9.59 Å². The first kappa shape index (κ1) is 19.2. The van der Waals surface area contributed by atoms with E-state index in [1.54, 1.807) is 38.1 Å². The lowest BCUT2D eigenvalue weighted by molar-refractivity contribution is -0.133. The van der Waals surface area contributed by atoms with Crippen molar-refractivity contribution in [1.29, 1.82) is 0 Å². The molecule has 1 aliphatic rings. The minimum Gasteiger partial charge on any atom is -0.489 e. The first-order chi connectivity index (χ1) is 13.4. The molecular weight excluding hydrogens is 358 g/mol. The molecular formula is C22H21NO5. The van der Waals surface area contributed by atoms with Crippen LogP contribution in [-0.4, -0.2) is 22.2 Å². The number of allylic oxidation sites excluding steroid dienone is 2. The maximum absolute atomic E-state index is 11.9. The Morgan fingerprint density at radius 2 is 1.54 bits per heavy atom. The molecule has 0 saturated heterocycles. The van der Waals surface area contributed by atoms with Crippen molar-refractivity contribution in [3.05, 3.63) is 88.3 Å². The molecule has 0 amide bonds. The van der Waals surface area contributed by atoms with E-state index >= 15 is 0 Å². The van der Waals surface area contributed by atoms with E-state index in [-0.39, 0.29) is 11.1 Å². The van der Waals surface area contributed by atoms with Crippen molar-refractivity contribution in [3.8, 4) is 5.75 Å². The van der Waals surface area contributed by atoms with E-state index in [4.69, 9.17) is 4.74 Å². The summed E-state index contributed by atoms with van der Waals surface area (Å²) in [7, 11) is 0. The van der Waals surface area contributed by atoms with Crippen LogP contribution in [0.15, 0.2) is 77.1 Å². The maximum atomic E-state index is 11.9. The zero-order chi connectivity index (χ0) is 20.3. The summed E-state index contributed by atoms with van der Waals surface area (Å²) in [5.41, 5.74) is 2.44. The zero-order valence-electron chi connectivity index (χ0n) is 15.6. The molecule has 3 N–H and O–H groups in total. The monoisotopic (exact) mass is 379 g/mol. The number of benzene rings is 2. The maximum Gasteiger partial charge on any atom is 0.334 e. The normalized spacial score (nSPS) is 14.6. The Morgan fingerprint density at radius 3 is 2.11 bits per heavy atom. The van der Waals surface area contributed by atoms with Crippen molar-refractivity contribution in [2.45, 2.75) is 26.4 Å². The molecule has 0 atom stereocenters. The van der Waals surface area contributed by atoms with Crippen LogP contribution in [-0.2, 0) is 16.2 Å². The average molecular weight is 379 g/mol. The summed E-state index contributed by atoms with van der Waals surface area (Å²) >= 11 is 0. The van der Waals surface area contributed by atoms with Crippen LogP contribution in [0.3, 0.4) is 0 Å². The van der Waals surface area contributed by atoms with Crippen LogP contribution < -0.4 is 10.1 Å². The number of ether oxygens (including phenoxy) is 1. The first-order valence-electron chi connectivity index (χ1n) is 8.80. The summed E-state index contributed by atoms with van der Waals surface area (Å²) in [5, 5.41) is 22.3. The van der Waals surface area contributed by atoms with Gasteiger partial charge in [0.15, 0.2) is 0 Å². The number of carbonyl (C=O) groups is 2. The third-order valence-electron chi connectivity index (χ3n) is 4.66. The Morgan fingerprint density at radius 1 is 0.929 bits per heavy atom. The smallest absolute Gasteiger partial charge is 0.334 e. The van der Waals surface area contributed by atoms with Crippen LogP contribution in [0.25, 0.3) is 0 Å². The van der Waals surface area contributed by atoms with Gasteiger partial charge in [-0.05, 0) is 37.1 Å². The molecule has 0 unspecified atom stereocenters. The van der Waals surface area contributed by atoms with Crippen molar-refractivity contribution < 1.29 is 24.5 Å². The summed E-state index contributed by atoms with van der Waals surface area (Å²) in [4.78, 5) is 23.7. The predicted molar refractivity (Wildman–Crippen MR) is 104 cm³/mol. The van der Waals surface area contributed by atoms with Crippen molar-refractivity contribution in [3.63, 3.8) is 0 Å². The summed E-state index contributed by atoms with van der Waals surface area (Å²) in [6.07, 6.45) is 0. The lowest BCUT2D eigenvalue weighted by Gasteiger charge is -2.29. The minimum atomic E-state index is -1.16. The van der Waals surface area contributed by atoms with E-state index in [0.717, 1.165) is 5.56 Å². The molecule has 1 aliphatic heterocycles. The van der Waals surface area contributed by atoms with Crippen LogP contribution in [0.1, 0.15) is 30.9 Å². The minimum absolute atomic E-state index is 0.0169. The quantitative estimate of drug-likeness (QED) is 0.709. The third-order valence-corrected chi connectivity index (χ3v) is 4.66. The number of rotatable bonds is 6. The zero-order valence-corrected chi connectivity index (χ0v) is 15.6. The molecule has 0 aromatic heterocycles. The summed E-state index contributed by atoms with van der Waals surface area (Å²) in [6.45, 7) is 3.63. The Bertz CT molecular complexity index is 939. The molecule has 0 aliphatic carbocycles. The van der Waals surface area contributed by atoms with E-state index in [1.807, 2.05) is 30.3 Å². The predicted octanol–water partition coefficient (Wildman–Crippen LogP) is 3.67. The molecule has 2 aromatic rings. The lowest BCUT2D eigenvalue weighted by Crippen LogP contribution is -2.31. The molecule has 0 spiro atoms. The number of nitrogens with one attached hydrogen (secondary N) is 1. The Hall–Kier alpha value is -3.54. The van der Waals surface area contributed by atoms with Gasteiger partial charge < -0.3 is 20.3 Å². The van der Waals surface area contributed by atoms with Gasteiger partial charge in [0, 0.05) is 11.4 Å². The highest BCUT2D eigenvalue weighted by molar-refractivity contribution is 5.98. The molecule has 0 fully saturated rings. The van der Waals surface area contributed by atoms with Gasteiger partial charge in [0.25, 0.3) is 0 Å². The van der Waals surface area contributed by atoms with E-state index in [0.29, 0.717) is 29.3 Å². The second-order valence-corrected chi connectivity index (χ2v) is 6.59. The number of aliphatic carboxylic acids is 2. The van der Waals surface area contributed by atoms with Gasteiger partial charge in [0.2, 0.25) is 0 Å². The van der Waals surface area contributed by atoms with Gasteiger partial charge in [0.05, 0.1) is 17.1 Å². The van der Waals surface area contributed by atoms with Crippen LogP contribution in [0.4, 0.5) is 0 Å². The van der Waals surface area contributed by atoms with Crippen LogP contribution in [0.2, 0.25) is 0 Å². The largest absolute Gasteiger partial charge is 0.489 e. The lowest BCUT2D eigenvalue weighted by atomic mass is 9.80. The molecule has 0 bridgehead atoms. The Kier molecular flexibility index (Phi) is 5.49. The number of hydrogen-bond acceptors (Lipinski definition) is 4. The fraction of sp³-hybridized carbons (Fsp3) is 0.182. The van der Waals surface area contributed by atoms with Gasteiger partial charge in [-0.15, -0.1) is 0 Å². The fourth-order valence-corrected chi connectivity index (χ4v) is 3.42. The first-order valence-corrected chi connectivity index (χ1v) is 8.80. The van der Waals surface area contributed by atoms with Gasteiger partial charge in [0.1, 0.15) is 12.4 Å². The summed E-state index contributed by atoms with van der Waals surface area (Å²) in [5.74, 6) is -2.66. The van der Waals surface area contributed by atoms with Crippen molar-refractivity contribution in [2.24, 2.45) is 0 Å². The SMILES string of the molecule is CC1=C(C(=O)O)C(c2cccc(OCc3ccccc3)c2)C(C(=O)O)=C(C)N1. The van der Waals surface area contributed by atoms with Gasteiger partial charge >= 0.3 is 11.9 Å². The van der Waals surface area contributed by atoms with E-state index in [9.17, 15) is 19.8 Å². The van der Waals surface area contributed by atoms with E-state index in [2.05, 4.69) is 5.32 Å². The van der Waals surface area contributed by atoms with Crippen molar-refractivity contribution in [1.82, 2.24) is 5.32 Å². The molecule has 6 heteroatoms. The molecule has 3 rings (SSSR count). The molecule has 0 saturated carbocycles. The van der Waals surface area contributed by atoms with Crippen molar-refractivity contribution in [2.75, 3.05) is 0 Å². The van der Waals surface area contributed by atoms with Crippen molar-refractivity contribution >= 4 is 11.9 Å². The highest BCUT2D eigenvalue weighted by Crippen LogP contribution is 2.39. The molecule has 28 heavy (non-hydrogen) atoms. The number of dihydropyridines is 1. The number of carboxylic acid groups (broad SMARTS) is 2. The van der Waals surface area contributed by atoms with Crippen LogP contribution in [0.5, 0.6) is 5.75 Å². The van der Waals surface area contributed by atoms with Gasteiger partial charge in [-0.2, -0.15) is 0 Å².